The van der Waals surface area contributed by atoms with Gasteiger partial charge in [0.05, 0.1) is 11.6 Å². The Morgan fingerprint density at radius 2 is 1.85 bits per heavy atom. The predicted molar refractivity (Wildman–Crippen MR) is 107 cm³/mol. The van der Waals surface area contributed by atoms with E-state index in [0.717, 1.165) is 31.5 Å². The lowest BCUT2D eigenvalue weighted by Gasteiger charge is -2.23. The number of benzene rings is 2. The van der Waals surface area contributed by atoms with Gasteiger partial charge in [-0.2, -0.15) is 0 Å². The molecule has 1 saturated heterocycles. The van der Waals surface area contributed by atoms with Gasteiger partial charge >= 0.3 is 6.03 Å². The molecule has 0 aliphatic carbocycles. The van der Waals surface area contributed by atoms with Crippen LogP contribution in [0.5, 0.6) is 0 Å². The molecule has 2 heterocycles. The number of nitrogens with one attached hydrogen (secondary N) is 2. The van der Waals surface area contributed by atoms with Gasteiger partial charge in [0.25, 0.3) is 0 Å². The van der Waals surface area contributed by atoms with E-state index in [1.54, 1.807) is 29.3 Å². The number of rotatable bonds is 3. The summed E-state index contributed by atoms with van der Waals surface area (Å²) in [5, 5.41) is 4.16. The minimum Gasteiger partial charge on any atom is -0.361 e. The molecule has 1 unspecified atom stereocenters. The summed E-state index contributed by atoms with van der Waals surface area (Å²) in [5.74, 6) is 0. The summed E-state index contributed by atoms with van der Waals surface area (Å²) >= 11 is 6.03. The van der Waals surface area contributed by atoms with Crippen molar-refractivity contribution in [1.82, 2.24) is 15.2 Å². The van der Waals surface area contributed by atoms with Crippen molar-refractivity contribution in [2.45, 2.75) is 18.9 Å². The molecule has 2 amide bonds. The maximum atomic E-state index is 13.1. The second-order valence-electron chi connectivity index (χ2n) is 6.75. The first-order valence-corrected chi connectivity index (χ1v) is 9.42. The summed E-state index contributed by atoms with van der Waals surface area (Å²) in [6, 6.07) is 14.0. The van der Waals surface area contributed by atoms with Crippen molar-refractivity contribution in [3.63, 3.8) is 0 Å². The molecule has 3 aromatic rings. The van der Waals surface area contributed by atoms with Crippen LogP contribution in [0.4, 0.5) is 4.79 Å². The normalized spacial score (nSPS) is 15.1. The number of aromatic nitrogens is 1. The van der Waals surface area contributed by atoms with E-state index in [9.17, 15) is 9.59 Å². The van der Waals surface area contributed by atoms with Gasteiger partial charge in [-0.05, 0) is 36.6 Å². The van der Waals surface area contributed by atoms with Crippen LogP contribution < -0.4 is 10.7 Å². The van der Waals surface area contributed by atoms with Crippen LogP contribution in [0.2, 0.25) is 5.02 Å². The summed E-state index contributed by atoms with van der Waals surface area (Å²) in [6.07, 6.45) is 3.70. The molecular weight excluding hydrogens is 362 g/mol. The number of aromatic amines is 1. The standard InChI is InChI=1S/C21H20ClN3O2/c22-15-8-9-16-18(12-15)23-13-17(20(16)26)19(14-6-2-1-3-7-14)24-21(27)25-10-4-5-11-25/h1-3,6-9,12-13,19H,4-5,10-11H2,(H,23,26)(H,24,27). The molecule has 0 saturated carbocycles. The van der Waals surface area contributed by atoms with Crippen LogP contribution in [0.25, 0.3) is 10.9 Å². The highest BCUT2D eigenvalue weighted by Crippen LogP contribution is 2.23. The fourth-order valence-electron chi connectivity index (χ4n) is 3.55. The lowest BCUT2D eigenvalue weighted by atomic mass is 9.98. The summed E-state index contributed by atoms with van der Waals surface area (Å²) in [7, 11) is 0. The number of fused-ring (bicyclic) bond motifs is 1. The third-order valence-corrected chi connectivity index (χ3v) is 5.21. The number of amides is 2. The number of carbonyl (C=O) groups is 1. The van der Waals surface area contributed by atoms with E-state index in [4.69, 9.17) is 11.6 Å². The maximum Gasteiger partial charge on any atom is 0.318 e. The van der Waals surface area contributed by atoms with Gasteiger partial charge in [0.2, 0.25) is 0 Å². The Bertz CT molecular complexity index is 1030. The van der Waals surface area contributed by atoms with Gasteiger partial charge in [0.1, 0.15) is 0 Å². The zero-order valence-corrected chi connectivity index (χ0v) is 15.5. The Hall–Kier alpha value is -2.79. The number of nitrogens with zero attached hydrogens (tertiary/aromatic N) is 1. The summed E-state index contributed by atoms with van der Waals surface area (Å²) < 4.78 is 0. The van der Waals surface area contributed by atoms with Crippen molar-refractivity contribution < 1.29 is 4.79 Å². The zero-order chi connectivity index (χ0) is 18.8. The molecule has 0 bridgehead atoms. The smallest absolute Gasteiger partial charge is 0.318 e. The average Bonchev–Trinajstić information content (AvgIpc) is 3.22. The van der Waals surface area contributed by atoms with Crippen molar-refractivity contribution in [2.24, 2.45) is 0 Å². The van der Waals surface area contributed by atoms with Gasteiger partial charge in [-0.3, -0.25) is 4.79 Å². The maximum absolute atomic E-state index is 13.1. The van der Waals surface area contributed by atoms with Gasteiger partial charge in [-0.25, -0.2) is 4.79 Å². The first kappa shape index (κ1) is 17.6. The molecule has 6 heteroatoms. The van der Waals surface area contributed by atoms with Crippen molar-refractivity contribution in [3.05, 3.63) is 81.1 Å². The molecule has 1 aliphatic rings. The number of H-pyrrole nitrogens is 1. The highest BCUT2D eigenvalue weighted by molar-refractivity contribution is 6.31. The molecule has 138 valence electrons. The monoisotopic (exact) mass is 381 g/mol. The van der Waals surface area contributed by atoms with E-state index in [0.29, 0.717) is 21.5 Å². The molecule has 4 rings (SSSR count). The second kappa shape index (κ2) is 7.45. The largest absolute Gasteiger partial charge is 0.361 e. The van der Waals surface area contributed by atoms with Crippen LogP contribution in [-0.2, 0) is 0 Å². The molecule has 27 heavy (non-hydrogen) atoms. The lowest BCUT2D eigenvalue weighted by molar-refractivity contribution is 0.206. The number of urea groups is 1. The SMILES string of the molecule is O=C(NC(c1ccccc1)c1c[nH]c2cc(Cl)ccc2c1=O)N1CCCC1. The Morgan fingerprint density at radius 3 is 2.59 bits per heavy atom. The molecule has 1 aromatic heterocycles. The number of carbonyl (C=O) groups excluding carboxylic acids is 1. The van der Waals surface area contributed by atoms with Crippen molar-refractivity contribution in [1.29, 1.82) is 0 Å². The first-order chi connectivity index (χ1) is 13.1. The number of likely N-dealkylation sites (tertiary alicyclic amines) is 1. The molecule has 1 fully saturated rings. The van der Waals surface area contributed by atoms with E-state index in [1.807, 2.05) is 30.3 Å². The van der Waals surface area contributed by atoms with E-state index in [1.165, 1.54) is 0 Å². The minimum absolute atomic E-state index is 0.115. The molecule has 0 spiro atoms. The number of pyridine rings is 1. The van der Waals surface area contributed by atoms with Gasteiger partial charge in [-0.1, -0.05) is 41.9 Å². The molecular formula is C21H20ClN3O2. The third kappa shape index (κ3) is 3.55. The van der Waals surface area contributed by atoms with Crippen LogP contribution in [-0.4, -0.2) is 29.0 Å². The highest BCUT2D eigenvalue weighted by atomic mass is 35.5. The lowest BCUT2D eigenvalue weighted by Crippen LogP contribution is -2.41. The fourth-order valence-corrected chi connectivity index (χ4v) is 3.72. The van der Waals surface area contributed by atoms with Crippen LogP contribution in [0.3, 0.4) is 0 Å². The highest BCUT2D eigenvalue weighted by Gasteiger charge is 2.25. The van der Waals surface area contributed by atoms with Crippen LogP contribution in [0.1, 0.15) is 30.0 Å². The Balaban J connectivity index is 1.77. The first-order valence-electron chi connectivity index (χ1n) is 9.05. The second-order valence-corrected chi connectivity index (χ2v) is 7.19. The predicted octanol–water partition coefficient (Wildman–Crippen LogP) is 4.08. The number of hydrogen-bond donors (Lipinski definition) is 2. The van der Waals surface area contributed by atoms with Crippen LogP contribution >= 0.6 is 11.6 Å². The molecule has 1 atom stereocenters. The fraction of sp³-hybridized carbons (Fsp3) is 0.238. The zero-order valence-electron chi connectivity index (χ0n) is 14.7. The van der Waals surface area contributed by atoms with E-state index in [2.05, 4.69) is 10.3 Å². The van der Waals surface area contributed by atoms with Crippen LogP contribution in [0, 0.1) is 0 Å². The van der Waals surface area contributed by atoms with Gasteiger partial charge < -0.3 is 15.2 Å². The topological polar surface area (TPSA) is 65.2 Å². The number of halogens is 1. The Morgan fingerprint density at radius 1 is 1.11 bits per heavy atom. The molecule has 0 radical (unpaired) electrons. The number of hydrogen-bond acceptors (Lipinski definition) is 2. The van der Waals surface area contributed by atoms with E-state index in [-0.39, 0.29) is 11.5 Å². The Kier molecular flexibility index (Phi) is 4.86. The molecule has 1 aliphatic heterocycles. The van der Waals surface area contributed by atoms with E-state index < -0.39 is 6.04 Å². The van der Waals surface area contributed by atoms with Crippen LogP contribution in [0.15, 0.2) is 59.5 Å². The summed E-state index contributed by atoms with van der Waals surface area (Å²) in [4.78, 5) is 30.8. The van der Waals surface area contributed by atoms with Crippen molar-refractivity contribution in [3.8, 4) is 0 Å². The molecule has 2 N–H and O–H groups in total. The van der Waals surface area contributed by atoms with Crippen molar-refractivity contribution >= 4 is 28.5 Å². The Labute approximate surface area is 162 Å². The summed E-state index contributed by atoms with van der Waals surface area (Å²) in [5.41, 5.74) is 1.93. The van der Waals surface area contributed by atoms with Gasteiger partial charge in [-0.15, -0.1) is 0 Å². The summed E-state index contributed by atoms with van der Waals surface area (Å²) in [6.45, 7) is 1.50. The minimum atomic E-state index is -0.525. The molecule has 2 aromatic carbocycles. The molecule has 5 nitrogen and oxygen atoms in total. The van der Waals surface area contributed by atoms with E-state index >= 15 is 0 Å². The van der Waals surface area contributed by atoms with Gasteiger partial charge in [0.15, 0.2) is 5.43 Å². The quantitative estimate of drug-likeness (QED) is 0.718. The third-order valence-electron chi connectivity index (χ3n) is 4.98. The van der Waals surface area contributed by atoms with Gasteiger partial charge in [0, 0.05) is 35.3 Å². The van der Waals surface area contributed by atoms with Crippen molar-refractivity contribution in [2.75, 3.05) is 13.1 Å². The average molecular weight is 382 g/mol.